The number of hydrogen-bond acceptors (Lipinski definition) is 5. The summed E-state index contributed by atoms with van der Waals surface area (Å²) in [7, 11) is 0. The van der Waals surface area contributed by atoms with Crippen molar-refractivity contribution in [1.82, 2.24) is 4.98 Å². The molecule has 4 rings (SSSR count). The minimum atomic E-state index is -0.355. The number of hydrogen-bond donors (Lipinski definition) is 4. The monoisotopic (exact) mass is 293 g/mol. The quantitative estimate of drug-likeness (QED) is 0.226. The fourth-order valence-electron chi connectivity index (χ4n) is 2.76. The molecule has 0 unspecified atom stereocenters. The molecule has 108 valence electrons. The molecule has 3 aromatic carbocycles. The first-order valence-corrected chi connectivity index (χ1v) is 6.66. The van der Waals surface area contributed by atoms with E-state index in [-0.39, 0.29) is 34.0 Å². The molecule has 5 heteroatoms. The molecule has 0 atom stereocenters. The maximum atomic E-state index is 10.2. The van der Waals surface area contributed by atoms with Crippen molar-refractivity contribution in [3.05, 3.63) is 42.5 Å². The molecular weight excluding hydrogens is 282 g/mol. The SMILES string of the molecule is Oc1ccc2cc3c(nc2c1O)c(O)c(O)c1ccccc13. The fraction of sp³-hybridized carbons (Fsp3) is 0. The summed E-state index contributed by atoms with van der Waals surface area (Å²) < 4.78 is 0. The Morgan fingerprint density at radius 1 is 0.636 bits per heavy atom. The lowest BCUT2D eigenvalue weighted by molar-refractivity contribution is 0.407. The minimum Gasteiger partial charge on any atom is -0.504 e. The van der Waals surface area contributed by atoms with E-state index in [4.69, 9.17) is 0 Å². The van der Waals surface area contributed by atoms with Gasteiger partial charge in [0.25, 0.3) is 0 Å². The molecule has 0 bridgehead atoms. The van der Waals surface area contributed by atoms with E-state index in [9.17, 15) is 20.4 Å². The highest BCUT2D eigenvalue weighted by molar-refractivity contribution is 6.15. The van der Waals surface area contributed by atoms with E-state index in [0.717, 1.165) is 5.39 Å². The number of benzene rings is 3. The van der Waals surface area contributed by atoms with Crippen LogP contribution < -0.4 is 0 Å². The van der Waals surface area contributed by atoms with Gasteiger partial charge in [0.2, 0.25) is 0 Å². The molecule has 0 radical (unpaired) electrons. The molecule has 0 amide bonds. The lowest BCUT2D eigenvalue weighted by atomic mass is 10.0. The largest absolute Gasteiger partial charge is 0.504 e. The van der Waals surface area contributed by atoms with Gasteiger partial charge in [-0.3, -0.25) is 0 Å². The lowest BCUT2D eigenvalue weighted by Gasteiger charge is -2.11. The van der Waals surface area contributed by atoms with Gasteiger partial charge < -0.3 is 20.4 Å². The molecule has 0 aliphatic carbocycles. The van der Waals surface area contributed by atoms with Crippen molar-refractivity contribution in [1.29, 1.82) is 0 Å². The molecule has 4 N–H and O–H groups in total. The first kappa shape index (κ1) is 12.5. The van der Waals surface area contributed by atoms with E-state index in [2.05, 4.69) is 4.98 Å². The van der Waals surface area contributed by atoms with Gasteiger partial charge in [-0.15, -0.1) is 0 Å². The van der Waals surface area contributed by atoms with Crippen LogP contribution in [0.1, 0.15) is 0 Å². The van der Waals surface area contributed by atoms with E-state index in [0.29, 0.717) is 16.2 Å². The second kappa shape index (κ2) is 4.14. The molecule has 1 aromatic heterocycles. The van der Waals surface area contributed by atoms with Crippen LogP contribution in [0.15, 0.2) is 42.5 Å². The molecule has 0 spiro atoms. The molecule has 0 saturated heterocycles. The van der Waals surface area contributed by atoms with Crippen molar-refractivity contribution < 1.29 is 20.4 Å². The molecular formula is C17H11NO4. The topological polar surface area (TPSA) is 93.8 Å². The number of phenols is 4. The third kappa shape index (κ3) is 1.50. The van der Waals surface area contributed by atoms with E-state index in [1.165, 1.54) is 6.07 Å². The standard InChI is InChI=1S/C17H11NO4/c19-12-6-5-8-7-11-9-3-1-2-4-10(9)15(20)17(22)14(11)18-13(8)16(12)21/h1-7,19-22H. The van der Waals surface area contributed by atoms with Crippen LogP contribution in [0.2, 0.25) is 0 Å². The molecule has 5 nitrogen and oxygen atoms in total. The Labute approximate surface area is 124 Å². The number of aromatic hydroxyl groups is 4. The number of phenolic OH excluding ortho intramolecular Hbond substituents is 4. The Morgan fingerprint density at radius 3 is 2.14 bits per heavy atom. The van der Waals surface area contributed by atoms with E-state index in [1.54, 1.807) is 24.3 Å². The van der Waals surface area contributed by atoms with Crippen LogP contribution in [0.3, 0.4) is 0 Å². The number of rotatable bonds is 0. The minimum absolute atomic E-state index is 0.164. The number of aromatic nitrogens is 1. The predicted octanol–water partition coefficient (Wildman–Crippen LogP) is 3.36. The van der Waals surface area contributed by atoms with Gasteiger partial charge in [0.15, 0.2) is 23.0 Å². The van der Waals surface area contributed by atoms with Crippen molar-refractivity contribution in [3.8, 4) is 23.0 Å². The van der Waals surface area contributed by atoms with Crippen LogP contribution in [0.4, 0.5) is 0 Å². The molecule has 4 aromatic rings. The summed E-state index contributed by atoms with van der Waals surface area (Å²) in [6.45, 7) is 0. The fourth-order valence-corrected chi connectivity index (χ4v) is 2.76. The summed E-state index contributed by atoms with van der Waals surface area (Å²) in [6.07, 6.45) is 0. The first-order valence-electron chi connectivity index (χ1n) is 6.66. The van der Waals surface area contributed by atoms with Crippen LogP contribution in [-0.2, 0) is 0 Å². The summed E-state index contributed by atoms with van der Waals surface area (Å²) in [5.41, 5.74) is 0.335. The zero-order chi connectivity index (χ0) is 15.4. The van der Waals surface area contributed by atoms with Gasteiger partial charge in [-0.1, -0.05) is 24.3 Å². The normalized spacial score (nSPS) is 11.5. The average molecular weight is 293 g/mol. The summed E-state index contributed by atoms with van der Waals surface area (Å²) in [4.78, 5) is 4.23. The zero-order valence-corrected chi connectivity index (χ0v) is 11.3. The maximum absolute atomic E-state index is 10.2. The van der Waals surface area contributed by atoms with Crippen LogP contribution in [0.25, 0.3) is 32.6 Å². The zero-order valence-electron chi connectivity index (χ0n) is 11.3. The Hall–Kier alpha value is -3.21. The second-order valence-electron chi connectivity index (χ2n) is 5.13. The highest BCUT2D eigenvalue weighted by Gasteiger charge is 2.16. The van der Waals surface area contributed by atoms with Gasteiger partial charge >= 0.3 is 0 Å². The third-order valence-corrected chi connectivity index (χ3v) is 3.86. The highest BCUT2D eigenvalue weighted by atomic mass is 16.3. The van der Waals surface area contributed by atoms with Gasteiger partial charge in [-0.2, -0.15) is 0 Å². The molecule has 1 heterocycles. The van der Waals surface area contributed by atoms with Gasteiger partial charge in [-0.05, 0) is 23.6 Å². The first-order chi connectivity index (χ1) is 10.6. The molecule has 0 fully saturated rings. The Bertz CT molecular complexity index is 1070. The summed E-state index contributed by atoms with van der Waals surface area (Å²) in [5.74, 6) is -1.25. The van der Waals surface area contributed by atoms with Gasteiger partial charge in [-0.25, -0.2) is 4.98 Å². The van der Waals surface area contributed by atoms with Crippen LogP contribution in [0, 0.1) is 0 Å². The van der Waals surface area contributed by atoms with Crippen molar-refractivity contribution in [3.63, 3.8) is 0 Å². The number of nitrogens with zero attached hydrogens (tertiary/aromatic N) is 1. The van der Waals surface area contributed by atoms with Crippen molar-refractivity contribution >= 4 is 32.6 Å². The molecule has 22 heavy (non-hydrogen) atoms. The maximum Gasteiger partial charge on any atom is 0.185 e. The third-order valence-electron chi connectivity index (χ3n) is 3.86. The summed E-state index contributed by atoms with van der Waals surface area (Å²) in [6, 6.07) is 11.9. The van der Waals surface area contributed by atoms with Crippen LogP contribution in [-0.4, -0.2) is 25.4 Å². The van der Waals surface area contributed by atoms with Gasteiger partial charge in [0.1, 0.15) is 11.0 Å². The van der Waals surface area contributed by atoms with E-state index in [1.807, 2.05) is 12.1 Å². The van der Waals surface area contributed by atoms with Crippen molar-refractivity contribution in [2.75, 3.05) is 0 Å². The van der Waals surface area contributed by atoms with Crippen LogP contribution in [0.5, 0.6) is 23.0 Å². The van der Waals surface area contributed by atoms with Crippen molar-refractivity contribution in [2.24, 2.45) is 0 Å². The molecule has 0 saturated carbocycles. The predicted molar refractivity (Wildman–Crippen MR) is 83.4 cm³/mol. The second-order valence-corrected chi connectivity index (χ2v) is 5.13. The van der Waals surface area contributed by atoms with Crippen molar-refractivity contribution in [2.45, 2.75) is 0 Å². The summed E-state index contributed by atoms with van der Waals surface area (Å²) >= 11 is 0. The lowest BCUT2D eigenvalue weighted by Crippen LogP contribution is -1.87. The van der Waals surface area contributed by atoms with Gasteiger partial charge in [0, 0.05) is 16.2 Å². The van der Waals surface area contributed by atoms with Gasteiger partial charge in [0.05, 0.1) is 0 Å². The highest BCUT2D eigenvalue weighted by Crippen LogP contribution is 2.43. The van der Waals surface area contributed by atoms with E-state index < -0.39 is 0 Å². The van der Waals surface area contributed by atoms with E-state index >= 15 is 0 Å². The molecule has 0 aliphatic heterocycles. The Morgan fingerprint density at radius 2 is 1.36 bits per heavy atom. The number of pyridine rings is 1. The Balaban J connectivity index is 2.31. The summed E-state index contributed by atoms with van der Waals surface area (Å²) in [5, 5.41) is 42.4. The smallest absolute Gasteiger partial charge is 0.185 e. The Kier molecular flexibility index (Phi) is 2.36. The molecule has 0 aliphatic rings. The number of fused-ring (bicyclic) bond motifs is 4. The van der Waals surface area contributed by atoms with Crippen LogP contribution >= 0.6 is 0 Å². The average Bonchev–Trinajstić information content (AvgIpc) is 2.55.